The van der Waals surface area contributed by atoms with E-state index in [9.17, 15) is 0 Å². The molecular weight excluding hydrogens is 266 g/mol. The van der Waals surface area contributed by atoms with Crippen molar-refractivity contribution in [2.24, 2.45) is 5.92 Å². The molecule has 2 heteroatoms. The van der Waals surface area contributed by atoms with Crippen molar-refractivity contribution in [3.05, 3.63) is 42.1 Å². The number of fused-ring (bicyclic) bond motifs is 1. The zero-order valence-electron chi connectivity index (χ0n) is 12.5. The molecule has 108 valence electrons. The maximum absolute atomic E-state index is 6.65. The van der Waals surface area contributed by atoms with Gasteiger partial charge in [0.25, 0.3) is 0 Å². The van der Waals surface area contributed by atoms with Gasteiger partial charge in [0.2, 0.25) is 0 Å². The van der Waals surface area contributed by atoms with E-state index in [4.69, 9.17) is 16.6 Å². The monoisotopic (exact) mass is 289 g/mol. The summed E-state index contributed by atoms with van der Waals surface area (Å²) in [6.07, 6.45) is 5.72. The second-order valence-electron chi connectivity index (χ2n) is 5.55. The maximum Gasteiger partial charge on any atom is 0.0705 e. The summed E-state index contributed by atoms with van der Waals surface area (Å²) in [6, 6.07) is 12.5. The van der Waals surface area contributed by atoms with Crippen LogP contribution in [0.15, 0.2) is 36.4 Å². The van der Waals surface area contributed by atoms with Crippen LogP contribution in [0.3, 0.4) is 0 Å². The van der Waals surface area contributed by atoms with Crippen molar-refractivity contribution in [3.8, 4) is 0 Å². The summed E-state index contributed by atoms with van der Waals surface area (Å²) in [5.41, 5.74) is 2.18. The SMILES string of the molecule is CCCC(CCC)C(Cl)Cc1ccc2ccccc2n1. The summed E-state index contributed by atoms with van der Waals surface area (Å²) >= 11 is 6.65. The Hall–Kier alpha value is -1.08. The van der Waals surface area contributed by atoms with Gasteiger partial charge in [0, 0.05) is 22.9 Å². The molecule has 2 aromatic rings. The highest BCUT2D eigenvalue weighted by Gasteiger charge is 2.18. The second-order valence-corrected chi connectivity index (χ2v) is 6.11. The summed E-state index contributed by atoms with van der Waals surface area (Å²) in [5, 5.41) is 1.39. The Morgan fingerprint density at radius 3 is 2.40 bits per heavy atom. The molecular formula is C18H24ClN. The molecule has 20 heavy (non-hydrogen) atoms. The van der Waals surface area contributed by atoms with Crippen LogP contribution >= 0.6 is 11.6 Å². The summed E-state index contributed by atoms with van der Waals surface area (Å²) in [7, 11) is 0. The number of para-hydroxylation sites is 1. The molecule has 1 heterocycles. The average Bonchev–Trinajstić information content (AvgIpc) is 2.47. The van der Waals surface area contributed by atoms with E-state index in [1.54, 1.807) is 0 Å². The Labute approximate surface area is 127 Å². The van der Waals surface area contributed by atoms with Crippen LogP contribution < -0.4 is 0 Å². The first-order valence-electron chi connectivity index (χ1n) is 7.73. The Balaban J connectivity index is 2.09. The van der Waals surface area contributed by atoms with Crippen molar-refractivity contribution in [3.63, 3.8) is 0 Å². The largest absolute Gasteiger partial charge is 0.253 e. The fourth-order valence-electron chi connectivity index (χ4n) is 2.84. The van der Waals surface area contributed by atoms with Gasteiger partial charge in [-0.15, -0.1) is 11.6 Å². The van der Waals surface area contributed by atoms with Crippen molar-refractivity contribution in [2.45, 2.75) is 51.3 Å². The second kappa shape index (κ2) is 7.64. The highest BCUT2D eigenvalue weighted by Crippen LogP contribution is 2.25. The number of nitrogens with zero attached hydrogens (tertiary/aromatic N) is 1. The molecule has 1 unspecified atom stereocenters. The van der Waals surface area contributed by atoms with E-state index in [0.717, 1.165) is 17.6 Å². The van der Waals surface area contributed by atoms with Crippen LogP contribution in [0.1, 0.15) is 45.2 Å². The van der Waals surface area contributed by atoms with Gasteiger partial charge in [-0.3, -0.25) is 4.98 Å². The summed E-state index contributed by atoms with van der Waals surface area (Å²) < 4.78 is 0. The van der Waals surface area contributed by atoms with Gasteiger partial charge in [-0.1, -0.05) is 51.0 Å². The van der Waals surface area contributed by atoms with Gasteiger partial charge < -0.3 is 0 Å². The quantitative estimate of drug-likeness (QED) is 0.605. The number of pyridine rings is 1. The zero-order chi connectivity index (χ0) is 14.4. The molecule has 0 aliphatic rings. The third kappa shape index (κ3) is 3.96. The molecule has 0 aliphatic carbocycles. The number of aromatic nitrogens is 1. The van der Waals surface area contributed by atoms with Crippen molar-refractivity contribution in [1.82, 2.24) is 4.98 Å². The number of hydrogen-bond acceptors (Lipinski definition) is 1. The Morgan fingerprint density at radius 1 is 1.00 bits per heavy atom. The lowest BCUT2D eigenvalue weighted by Crippen LogP contribution is -2.18. The Morgan fingerprint density at radius 2 is 1.70 bits per heavy atom. The first kappa shape index (κ1) is 15.3. The van der Waals surface area contributed by atoms with Crippen LogP contribution in [-0.4, -0.2) is 10.4 Å². The molecule has 0 saturated carbocycles. The lowest BCUT2D eigenvalue weighted by molar-refractivity contribution is 0.416. The van der Waals surface area contributed by atoms with Gasteiger partial charge in [-0.25, -0.2) is 0 Å². The van der Waals surface area contributed by atoms with E-state index in [1.165, 1.54) is 31.1 Å². The highest BCUT2D eigenvalue weighted by molar-refractivity contribution is 6.20. The molecule has 0 bridgehead atoms. The van der Waals surface area contributed by atoms with E-state index < -0.39 is 0 Å². The lowest BCUT2D eigenvalue weighted by atomic mass is 9.92. The van der Waals surface area contributed by atoms with E-state index in [0.29, 0.717) is 5.92 Å². The molecule has 0 radical (unpaired) electrons. The summed E-state index contributed by atoms with van der Waals surface area (Å²) in [5.74, 6) is 0.611. The number of alkyl halides is 1. The molecule has 1 nitrogen and oxygen atoms in total. The molecule has 0 fully saturated rings. The fourth-order valence-corrected chi connectivity index (χ4v) is 3.25. The van der Waals surface area contributed by atoms with Crippen LogP contribution in [0.2, 0.25) is 0 Å². The van der Waals surface area contributed by atoms with Crippen molar-refractivity contribution in [1.29, 1.82) is 0 Å². The minimum atomic E-state index is 0.198. The average molecular weight is 290 g/mol. The molecule has 2 rings (SSSR count). The molecule has 0 N–H and O–H groups in total. The van der Waals surface area contributed by atoms with Gasteiger partial charge in [0.1, 0.15) is 0 Å². The molecule has 1 aromatic heterocycles. The van der Waals surface area contributed by atoms with Gasteiger partial charge in [0.05, 0.1) is 5.52 Å². The van der Waals surface area contributed by atoms with Gasteiger partial charge in [-0.2, -0.15) is 0 Å². The molecule has 1 atom stereocenters. The molecule has 0 saturated heterocycles. The minimum Gasteiger partial charge on any atom is -0.253 e. The zero-order valence-corrected chi connectivity index (χ0v) is 13.2. The fraction of sp³-hybridized carbons (Fsp3) is 0.500. The predicted molar refractivity (Wildman–Crippen MR) is 88.4 cm³/mol. The Bertz CT molecular complexity index is 532. The van der Waals surface area contributed by atoms with E-state index in [1.807, 2.05) is 12.1 Å². The highest BCUT2D eigenvalue weighted by atomic mass is 35.5. The number of halogens is 1. The van der Waals surface area contributed by atoms with Crippen LogP contribution in [0.25, 0.3) is 10.9 Å². The van der Waals surface area contributed by atoms with E-state index in [2.05, 4.69) is 38.1 Å². The lowest BCUT2D eigenvalue weighted by Gasteiger charge is -2.21. The first-order chi connectivity index (χ1) is 9.74. The molecule has 0 aliphatic heterocycles. The van der Waals surface area contributed by atoms with E-state index in [-0.39, 0.29) is 5.38 Å². The minimum absolute atomic E-state index is 0.198. The first-order valence-corrected chi connectivity index (χ1v) is 8.17. The topological polar surface area (TPSA) is 12.9 Å². The van der Waals surface area contributed by atoms with Crippen LogP contribution in [0.4, 0.5) is 0 Å². The van der Waals surface area contributed by atoms with Crippen LogP contribution in [-0.2, 0) is 6.42 Å². The molecule has 0 amide bonds. The van der Waals surface area contributed by atoms with Gasteiger partial charge >= 0.3 is 0 Å². The van der Waals surface area contributed by atoms with Crippen molar-refractivity contribution < 1.29 is 0 Å². The predicted octanol–water partition coefficient (Wildman–Crippen LogP) is 5.60. The number of hydrogen-bond donors (Lipinski definition) is 0. The number of benzene rings is 1. The smallest absolute Gasteiger partial charge is 0.0705 e. The van der Waals surface area contributed by atoms with Gasteiger partial charge in [-0.05, 0) is 30.9 Å². The third-order valence-corrected chi connectivity index (χ3v) is 4.40. The third-order valence-electron chi connectivity index (χ3n) is 3.89. The van der Waals surface area contributed by atoms with Crippen LogP contribution in [0.5, 0.6) is 0 Å². The normalized spacial score (nSPS) is 13.0. The van der Waals surface area contributed by atoms with Crippen molar-refractivity contribution >= 4 is 22.5 Å². The van der Waals surface area contributed by atoms with Crippen LogP contribution in [0, 0.1) is 5.92 Å². The molecule has 0 spiro atoms. The summed E-state index contributed by atoms with van der Waals surface area (Å²) in [6.45, 7) is 4.47. The Kier molecular flexibility index (Phi) is 5.85. The maximum atomic E-state index is 6.65. The summed E-state index contributed by atoms with van der Waals surface area (Å²) in [4.78, 5) is 4.73. The standard InChI is InChI=1S/C18H24ClN/c1-3-7-14(8-4-2)17(19)13-16-12-11-15-9-5-6-10-18(15)20-16/h5-6,9-12,14,17H,3-4,7-8,13H2,1-2H3. The van der Waals surface area contributed by atoms with Gasteiger partial charge in [0.15, 0.2) is 0 Å². The number of rotatable bonds is 7. The molecule has 1 aromatic carbocycles. The van der Waals surface area contributed by atoms with Crippen molar-refractivity contribution in [2.75, 3.05) is 0 Å². The van der Waals surface area contributed by atoms with E-state index >= 15 is 0 Å².